The molecular weight excluding hydrogens is 326 g/mol. The lowest BCUT2D eigenvalue weighted by atomic mass is 9.98. The van der Waals surface area contributed by atoms with Gasteiger partial charge in [-0.25, -0.2) is 0 Å². The second-order valence-corrected chi connectivity index (χ2v) is 6.22. The molecule has 1 aliphatic rings. The lowest BCUT2D eigenvalue weighted by Crippen LogP contribution is -2.44. The Morgan fingerprint density at radius 1 is 1.47 bits per heavy atom. The molecule has 3 nitrogen and oxygen atoms in total. The fourth-order valence-electron chi connectivity index (χ4n) is 2.56. The summed E-state index contributed by atoms with van der Waals surface area (Å²) in [5.74, 6) is 0.0238. The van der Waals surface area contributed by atoms with Crippen LogP contribution in [0.15, 0.2) is 27.6 Å². The molecule has 0 aliphatic carbocycles. The van der Waals surface area contributed by atoms with Gasteiger partial charge in [0.1, 0.15) is 0 Å². The molecule has 0 saturated carbocycles. The Hall–Kier alpha value is -0.520. The lowest BCUT2D eigenvalue weighted by molar-refractivity contribution is 0.0571. The first-order valence-corrected chi connectivity index (χ1v) is 7.78. The van der Waals surface area contributed by atoms with Crippen LogP contribution in [0.4, 0.5) is 0 Å². The van der Waals surface area contributed by atoms with E-state index in [9.17, 15) is 4.79 Å². The minimum atomic E-state index is 0.0238. The minimum absolute atomic E-state index is 0.0238. The Labute approximate surface area is 127 Å². The molecule has 1 atom stereocenters. The first-order valence-electron chi connectivity index (χ1n) is 6.54. The number of nitrogens with zero attached hydrogens (tertiary/aromatic N) is 1. The number of aliphatic hydroxyl groups excluding tert-OH is 1. The molecule has 0 bridgehead atoms. The van der Waals surface area contributed by atoms with Crippen LogP contribution in [-0.2, 0) is 0 Å². The van der Waals surface area contributed by atoms with Crippen LogP contribution >= 0.6 is 28.6 Å². The van der Waals surface area contributed by atoms with E-state index in [1.54, 1.807) is 6.07 Å². The lowest BCUT2D eigenvalue weighted by Gasteiger charge is -2.35. The first kappa shape index (κ1) is 14.9. The molecule has 1 saturated heterocycles. The summed E-state index contributed by atoms with van der Waals surface area (Å²) in [4.78, 5) is 15.2. The molecule has 1 N–H and O–H groups in total. The van der Waals surface area contributed by atoms with E-state index in [2.05, 4.69) is 28.6 Å². The van der Waals surface area contributed by atoms with Gasteiger partial charge in [0.05, 0.1) is 5.56 Å². The maximum atomic E-state index is 12.6. The molecule has 5 heteroatoms. The quantitative estimate of drug-likeness (QED) is 0.828. The van der Waals surface area contributed by atoms with Crippen molar-refractivity contribution in [2.75, 3.05) is 13.2 Å². The van der Waals surface area contributed by atoms with Crippen LogP contribution in [-0.4, -0.2) is 35.1 Å². The molecule has 1 amide bonds. The van der Waals surface area contributed by atoms with Gasteiger partial charge in [0.2, 0.25) is 0 Å². The third-order valence-electron chi connectivity index (χ3n) is 3.54. The van der Waals surface area contributed by atoms with Gasteiger partial charge in [0.15, 0.2) is 0 Å². The zero-order valence-electron chi connectivity index (χ0n) is 10.7. The molecule has 104 valence electrons. The molecule has 1 fully saturated rings. The van der Waals surface area contributed by atoms with E-state index in [0.717, 1.165) is 30.3 Å². The summed E-state index contributed by atoms with van der Waals surface area (Å²) in [6.45, 7) is 0.898. The van der Waals surface area contributed by atoms with Crippen molar-refractivity contribution in [1.82, 2.24) is 4.90 Å². The van der Waals surface area contributed by atoms with Gasteiger partial charge >= 0.3 is 0 Å². The largest absolute Gasteiger partial charge is 0.396 e. The number of aliphatic hydroxyl groups is 1. The highest BCUT2D eigenvalue weighted by atomic mass is 79.9. The van der Waals surface area contributed by atoms with Gasteiger partial charge in [-0.15, -0.1) is 12.6 Å². The number of amides is 1. The van der Waals surface area contributed by atoms with Crippen molar-refractivity contribution >= 4 is 34.5 Å². The van der Waals surface area contributed by atoms with Gasteiger partial charge in [-0.3, -0.25) is 4.79 Å². The van der Waals surface area contributed by atoms with Crippen LogP contribution in [0.5, 0.6) is 0 Å². The van der Waals surface area contributed by atoms with Crippen LogP contribution in [0.3, 0.4) is 0 Å². The van der Waals surface area contributed by atoms with Crippen LogP contribution in [0.1, 0.15) is 36.0 Å². The maximum Gasteiger partial charge on any atom is 0.255 e. The summed E-state index contributed by atoms with van der Waals surface area (Å²) in [6.07, 6.45) is 3.80. The average molecular weight is 344 g/mol. The van der Waals surface area contributed by atoms with Crippen LogP contribution in [0.2, 0.25) is 0 Å². The summed E-state index contributed by atoms with van der Waals surface area (Å²) in [7, 11) is 0. The van der Waals surface area contributed by atoms with Gasteiger partial charge in [-0.1, -0.05) is 15.9 Å². The van der Waals surface area contributed by atoms with Crippen molar-refractivity contribution in [3.8, 4) is 0 Å². The Bertz CT molecular complexity index is 465. The number of carbonyl (C=O) groups is 1. The number of carbonyl (C=O) groups excluding carboxylic acids is 1. The molecule has 0 spiro atoms. The fraction of sp³-hybridized carbons (Fsp3) is 0.500. The standard InChI is InChI=1S/C14H18BrNO2S/c15-10-4-5-12(13(19)9-10)14(18)16-7-2-1-3-11(16)6-8-17/h4-5,9,11,17,19H,1-3,6-8H2. The average Bonchev–Trinajstić information content (AvgIpc) is 2.39. The predicted octanol–water partition coefficient (Wildman–Crippen LogP) is 3.11. The summed E-state index contributed by atoms with van der Waals surface area (Å²) >= 11 is 7.75. The zero-order valence-corrected chi connectivity index (χ0v) is 13.2. The summed E-state index contributed by atoms with van der Waals surface area (Å²) in [5, 5.41) is 9.12. The molecule has 1 heterocycles. The van der Waals surface area contributed by atoms with E-state index in [1.807, 2.05) is 17.0 Å². The molecule has 19 heavy (non-hydrogen) atoms. The highest BCUT2D eigenvalue weighted by Crippen LogP contribution is 2.26. The third-order valence-corrected chi connectivity index (χ3v) is 4.40. The van der Waals surface area contributed by atoms with Gasteiger partial charge in [-0.05, 0) is 43.9 Å². The number of halogens is 1. The van der Waals surface area contributed by atoms with E-state index < -0.39 is 0 Å². The predicted molar refractivity (Wildman–Crippen MR) is 81.8 cm³/mol. The maximum absolute atomic E-state index is 12.6. The number of piperidine rings is 1. The fourth-order valence-corrected chi connectivity index (χ4v) is 3.40. The van der Waals surface area contributed by atoms with E-state index in [4.69, 9.17) is 5.11 Å². The Kier molecular flexibility index (Phi) is 5.30. The molecule has 1 unspecified atom stereocenters. The summed E-state index contributed by atoms with van der Waals surface area (Å²) < 4.78 is 0.916. The molecule has 1 aromatic carbocycles. The van der Waals surface area contributed by atoms with Gasteiger partial charge in [0, 0.05) is 28.6 Å². The molecule has 0 radical (unpaired) electrons. The molecule has 1 aromatic rings. The molecule has 1 aliphatic heterocycles. The number of hydrogen-bond donors (Lipinski definition) is 2. The Morgan fingerprint density at radius 2 is 2.26 bits per heavy atom. The number of hydrogen-bond acceptors (Lipinski definition) is 3. The number of thiol groups is 1. The van der Waals surface area contributed by atoms with Crippen molar-refractivity contribution in [3.05, 3.63) is 28.2 Å². The van der Waals surface area contributed by atoms with E-state index in [-0.39, 0.29) is 18.6 Å². The van der Waals surface area contributed by atoms with E-state index in [1.165, 1.54) is 0 Å². The molecular formula is C14H18BrNO2S. The van der Waals surface area contributed by atoms with Crippen LogP contribution in [0, 0.1) is 0 Å². The highest BCUT2D eigenvalue weighted by Gasteiger charge is 2.27. The monoisotopic (exact) mass is 343 g/mol. The normalized spacial score (nSPS) is 19.5. The van der Waals surface area contributed by atoms with Crippen molar-refractivity contribution in [2.45, 2.75) is 36.6 Å². The third kappa shape index (κ3) is 3.52. The van der Waals surface area contributed by atoms with Gasteiger partial charge in [-0.2, -0.15) is 0 Å². The molecule has 2 rings (SSSR count). The summed E-state index contributed by atoms with van der Waals surface area (Å²) in [6, 6.07) is 5.65. The second kappa shape index (κ2) is 6.77. The first-order chi connectivity index (χ1) is 9.13. The Balaban J connectivity index is 2.21. The van der Waals surface area contributed by atoms with Gasteiger partial charge < -0.3 is 10.0 Å². The minimum Gasteiger partial charge on any atom is -0.396 e. The SMILES string of the molecule is O=C(c1ccc(Br)cc1S)N1CCCCC1CCO. The smallest absolute Gasteiger partial charge is 0.255 e. The van der Waals surface area contributed by atoms with E-state index >= 15 is 0 Å². The number of rotatable bonds is 3. The van der Waals surface area contributed by atoms with Crippen LogP contribution < -0.4 is 0 Å². The zero-order chi connectivity index (χ0) is 13.8. The number of likely N-dealkylation sites (tertiary alicyclic amines) is 1. The van der Waals surface area contributed by atoms with Crippen molar-refractivity contribution in [3.63, 3.8) is 0 Å². The number of benzene rings is 1. The summed E-state index contributed by atoms with van der Waals surface area (Å²) in [5.41, 5.74) is 0.636. The van der Waals surface area contributed by atoms with Crippen molar-refractivity contribution < 1.29 is 9.90 Å². The second-order valence-electron chi connectivity index (χ2n) is 4.82. The highest BCUT2D eigenvalue weighted by molar-refractivity contribution is 9.10. The Morgan fingerprint density at radius 3 is 2.95 bits per heavy atom. The topological polar surface area (TPSA) is 40.5 Å². The van der Waals surface area contributed by atoms with E-state index in [0.29, 0.717) is 16.9 Å². The van der Waals surface area contributed by atoms with Gasteiger partial charge in [0.25, 0.3) is 5.91 Å². The molecule has 0 aromatic heterocycles. The van der Waals surface area contributed by atoms with Crippen molar-refractivity contribution in [1.29, 1.82) is 0 Å². The van der Waals surface area contributed by atoms with Crippen molar-refractivity contribution in [2.24, 2.45) is 0 Å². The van der Waals surface area contributed by atoms with Crippen LogP contribution in [0.25, 0.3) is 0 Å².